The summed E-state index contributed by atoms with van der Waals surface area (Å²) in [6, 6.07) is 0. The zero-order valence-electron chi connectivity index (χ0n) is 11.9. The molecule has 2 heterocycles. The Morgan fingerprint density at radius 1 is 1.11 bits per heavy atom. The Hall–Kier alpha value is -0.160. The van der Waals surface area contributed by atoms with Crippen LogP contribution in [0.3, 0.4) is 0 Å². The summed E-state index contributed by atoms with van der Waals surface area (Å²) in [5.41, 5.74) is 6.40. The van der Waals surface area contributed by atoms with Crippen LogP contribution in [-0.2, 0) is 4.74 Å². The summed E-state index contributed by atoms with van der Waals surface area (Å²) in [4.78, 5) is 5.21. The van der Waals surface area contributed by atoms with Crippen molar-refractivity contribution in [3.05, 3.63) is 0 Å². The first kappa shape index (κ1) is 14.3. The van der Waals surface area contributed by atoms with Crippen LogP contribution in [0.15, 0.2) is 0 Å². The van der Waals surface area contributed by atoms with Gasteiger partial charge in [-0.15, -0.1) is 0 Å². The Bertz CT molecular complexity index is 243. The zero-order chi connectivity index (χ0) is 12.8. The highest BCUT2D eigenvalue weighted by Crippen LogP contribution is 2.29. The van der Waals surface area contributed by atoms with E-state index in [0.29, 0.717) is 0 Å². The molecule has 0 saturated carbocycles. The molecule has 0 amide bonds. The molecule has 0 aromatic carbocycles. The van der Waals surface area contributed by atoms with Gasteiger partial charge in [-0.1, -0.05) is 6.92 Å². The highest BCUT2D eigenvalue weighted by Gasteiger charge is 2.37. The number of hydrogen-bond donors (Lipinski definition) is 1. The molecule has 0 aromatic rings. The van der Waals surface area contributed by atoms with Crippen LogP contribution in [-0.4, -0.2) is 67.8 Å². The van der Waals surface area contributed by atoms with E-state index < -0.39 is 0 Å². The first-order valence-electron chi connectivity index (χ1n) is 7.56. The van der Waals surface area contributed by atoms with Crippen molar-refractivity contribution in [2.45, 2.75) is 38.1 Å². The lowest BCUT2D eigenvalue weighted by Gasteiger charge is -2.45. The molecule has 2 N–H and O–H groups in total. The highest BCUT2D eigenvalue weighted by atomic mass is 16.5. The van der Waals surface area contributed by atoms with Gasteiger partial charge in [0, 0.05) is 25.2 Å². The smallest absolute Gasteiger partial charge is 0.0594 e. The van der Waals surface area contributed by atoms with Gasteiger partial charge in [0.1, 0.15) is 0 Å². The van der Waals surface area contributed by atoms with Crippen LogP contribution >= 0.6 is 0 Å². The second-order valence-corrected chi connectivity index (χ2v) is 5.72. The molecule has 18 heavy (non-hydrogen) atoms. The predicted octanol–water partition coefficient (Wildman–Crippen LogP) is 0.912. The number of morpholine rings is 1. The molecule has 0 aliphatic carbocycles. The van der Waals surface area contributed by atoms with Crippen LogP contribution in [0.1, 0.15) is 32.6 Å². The van der Waals surface area contributed by atoms with E-state index in [1.54, 1.807) is 0 Å². The van der Waals surface area contributed by atoms with E-state index in [9.17, 15) is 0 Å². The van der Waals surface area contributed by atoms with Gasteiger partial charge in [0.25, 0.3) is 0 Å². The standard InChI is InChI=1S/C14H29N3O/c1-2-6-16-7-3-4-14(13-15,5-8-16)17-9-11-18-12-10-17/h2-13,15H2,1H3. The fourth-order valence-electron chi connectivity index (χ4n) is 3.46. The van der Waals surface area contributed by atoms with Crippen molar-refractivity contribution in [2.75, 3.05) is 52.5 Å². The average molecular weight is 255 g/mol. The van der Waals surface area contributed by atoms with Crippen LogP contribution in [0.4, 0.5) is 0 Å². The molecule has 1 unspecified atom stereocenters. The monoisotopic (exact) mass is 255 g/mol. The van der Waals surface area contributed by atoms with E-state index in [2.05, 4.69) is 16.7 Å². The van der Waals surface area contributed by atoms with Crippen molar-refractivity contribution in [2.24, 2.45) is 5.73 Å². The molecule has 4 heteroatoms. The maximum atomic E-state index is 6.16. The summed E-state index contributed by atoms with van der Waals surface area (Å²) < 4.78 is 5.48. The summed E-state index contributed by atoms with van der Waals surface area (Å²) in [6.45, 7) is 10.6. The minimum atomic E-state index is 0.242. The molecule has 2 aliphatic rings. The third-order valence-electron chi connectivity index (χ3n) is 4.61. The molecule has 1 atom stereocenters. The van der Waals surface area contributed by atoms with Gasteiger partial charge >= 0.3 is 0 Å². The molecule has 2 aliphatic heterocycles. The predicted molar refractivity (Wildman–Crippen MR) is 74.8 cm³/mol. The molecule has 2 rings (SSSR count). The minimum absolute atomic E-state index is 0.242. The first-order valence-corrected chi connectivity index (χ1v) is 7.56. The molecule has 4 nitrogen and oxygen atoms in total. The molecular weight excluding hydrogens is 226 g/mol. The van der Waals surface area contributed by atoms with Gasteiger partial charge in [-0.2, -0.15) is 0 Å². The van der Waals surface area contributed by atoms with Crippen LogP contribution in [0.5, 0.6) is 0 Å². The SMILES string of the molecule is CCCN1CCCC(CN)(N2CCOCC2)CC1. The molecule has 0 bridgehead atoms. The lowest BCUT2D eigenvalue weighted by atomic mass is 9.88. The van der Waals surface area contributed by atoms with E-state index in [0.717, 1.165) is 32.8 Å². The van der Waals surface area contributed by atoms with Gasteiger partial charge in [0.15, 0.2) is 0 Å². The third-order valence-corrected chi connectivity index (χ3v) is 4.61. The van der Waals surface area contributed by atoms with Crippen LogP contribution < -0.4 is 5.73 Å². The van der Waals surface area contributed by atoms with E-state index in [1.165, 1.54) is 45.3 Å². The summed E-state index contributed by atoms with van der Waals surface area (Å²) in [7, 11) is 0. The fourth-order valence-corrected chi connectivity index (χ4v) is 3.46. The van der Waals surface area contributed by atoms with Crippen molar-refractivity contribution < 1.29 is 4.74 Å². The Morgan fingerprint density at radius 2 is 1.89 bits per heavy atom. The molecule has 2 saturated heterocycles. The van der Waals surface area contributed by atoms with Crippen molar-refractivity contribution in [1.29, 1.82) is 0 Å². The van der Waals surface area contributed by atoms with E-state index >= 15 is 0 Å². The van der Waals surface area contributed by atoms with Crippen molar-refractivity contribution in [3.8, 4) is 0 Å². The van der Waals surface area contributed by atoms with Gasteiger partial charge in [0.2, 0.25) is 0 Å². The van der Waals surface area contributed by atoms with Crippen LogP contribution in [0.2, 0.25) is 0 Å². The Kier molecular flexibility index (Phi) is 5.42. The number of likely N-dealkylation sites (tertiary alicyclic amines) is 1. The average Bonchev–Trinajstić information content (AvgIpc) is 2.64. The molecule has 0 radical (unpaired) electrons. The van der Waals surface area contributed by atoms with Crippen molar-refractivity contribution in [3.63, 3.8) is 0 Å². The van der Waals surface area contributed by atoms with E-state index in [-0.39, 0.29) is 5.54 Å². The number of rotatable bonds is 4. The highest BCUT2D eigenvalue weighted by molar-refractivity contribution is 4.95. The minimum Gasteiger partial charge on any atom is -0.379 e. The molecule has 2 fully saturated rings. The second-order valence-electron chi connectivity index (χ2n) is 5.72. The normalized spacial score (nSPS) is 32.3. The third kappa shape index (κ3) is 3.23. The van der Waals surface area contributed by atoms with Gasteiger partial charge in [-0.05, 0) is 45.3 Å². The Balaban J connectivity index is 1.98. The van der Waals surface area contributed by atoms with Crippen molar-refractivity contribution in [1.82, 2.24) is 9.80 Å². The fraction of sp³-hybridized carbons (Fsp3) is 1.00. The van der Waals surface area contributed by atoms with Gasteiger partial charge in [0.05, 0.1) is 13.2 Å². The van der Waals surface area contributed by atoms with Gasteiger partial charge < -0.3 is 15.4 Å². The van der Waals surface area contributed by atoms with Gasteiger partial charge in [-0.3, -0.25) is 4.90 Å². The summed E-state index contributed by atoms with van der Waals surface area (Å²) in [5.74, 6) is 0. The van der Waals surface area contributed by atoms with Crippen LogP contribution in [0.25, 0.3) is 0 Å². The summed E-state index contributed by atoms with van der Waals surface area (Å²) in [6.07, 6.45) is 5.02. The maximum Gasteiger partial charge on any atom is 0.0594 e. The molecule has 0 aromatic heterocycles. The maximum absolute atomic E-state index is 6.16. The second kappa shape index (κ2) is 6.85. The molecule has 0 spiro atoms. The van der Waals surface area contributed by atoms with Gasteiger partial charge in [-0.25, -0.2) is 0 Å². The van der Waals surface area contributed by atoms with E-state index in [4.69, 9.17) is 10.5 Å². The first-order chi connectivity index (χ1) is 8.80. The Labute approximate surface area is 111 Å². The topological polar surface area (TPSA) is 41.7 Å². The lowest BCUT2D eigenvalue weighted by Crippen LogP contribution is -2.57. The van der Waals surface area contributed by atoms with Crippen LogP contribution in [0, 0.1) is 0 Å². The van der Waals surface area contributed by atoms with E-state index in [1.807, 2.05) is 0 Å². The number of hydrogen-bond acceptors (Lipinski definition) is 4. The Morgan fingerprint density at radius 3 is 2.56 bits per heavy atom. The number of nitrogens with zero attached hydrogens (tertiary/aromatic N) is 2. The molecule has 106 valence electrons. The summed E-state index contributed by atoms with van der Waals surface area (Å²) in [5, 5.41) is 0. The number of ether oxygens (including phenoxy) is 1. The van der Waals surface area contributed by atoms with Crippen molar-refractivity contribution >= 4 is 0 Å². The molecular formula is C14H29N3O. The lowest BCUT2D eigenvalue weighted by molar-refractivity contribution is -0.0252. The quantitative estimate of drug-likeness (QED) is 0.811. The number of nitrogens with two attached hydrogens (primary N) is 1. The summed E-state index contributed by atoms with van der Waals surface area (Å²) >= 11 is 0. The largest absolute Gasteiger partial charge is 0.379 e. The zero-order valence-corrected chi connectivity index (χ0v) is 11.9.